The zero-order valence-corrected chi connectivity index (χ0v) is 10.4. The summed E-state index contributed by atoms with van der Waals surface area (Å²) in [6.45, 7) is 3.86. The van der Waals surface area contributed by atoms with E-state index < -0.39 is 0 Å². The van der Waals surface area contributed by atoms with Crippen LogP contribution < -0.4 is 11.1 Å². The Labute approximate surface area is 106 Å². The first-order chi connectivity index (χ1) is 8.56. The lowest BCUT2D eigenvalue weighted by atomic mass is 10.1. The van der Waals surface area contributed by atoms with Crippen molar-refractivity contribution in [1.82, 2.24) is 4.98 Å². The Morgan fingerprint density at radius 1 is 1.22 bits per heavy atom. The highest BCUT2D eigenvalue weighted by atomic mass is 16.1. The van der Waals surface area contributed by atoms with Crippen molar-refractivity contribution in [3.63, 3.8) is 0 Å². The average molecular weight is 241 g/mol. The fourth-order valence-corrected chi connectivity index (χ4v) is 1.64. The zero-order chi connectivity index (χ0) is 13.1. The summed E-state index contributed by atoms with van der Waals surface area (Å²) in [4.78, 5) is 16.1. The Hall–Kier alpha value is -2.36. The van der Waals surface area contributed by atoms with Gasteiger partial charge in [0.25, 0.3) is 5.91 Å². The topological polar surface area (TPSA) is 68.0 Å². The standard InChI is InChI=1S/C14H15N3O/c1-9-3-4-10(2)12(7-9)14(18)17-13-6-5-11(15)8-16-13/h3-8H,15H2,1-2H3,(H,16,17,18). The van der Waals surface area contributed by atoms with Crippen LogP contribution in [0.2, 0.25) is 0 Å². The van der Waals surface area contributed by atoms with Gasteiger partial charge < -0.3 is 11.1 Å². The van der Waals surface area contributed by atoms with Crippen LogP contribution >= 0.6 is 0 Å². The van der Waals surface area contributed by atoms with E-state index >= 15 is 0 Å². The van der Waals surface area contributed by atoms with E-state index in [4.69, 9.17) is 5.73 Å². The third kappa shape index (κ3) is 2.66. The number of anilines is 2. The molecule has 18 heavy (non-hydrogen) atoms. The molecule has 0 saturated heterocycles. The van der Waals surface area contributed by atoms with E-state index in [2.05, 4.69) is 10.3 Å². The zero-order valence-electron chi connectivity index (χ0n) is 10.4. The van der Waals surface area contributed by atoms with Gasteiger partial charge in [0.2, 0.25) is 0 Å². The van der Waals surface area contributed by atoms with Crippen LogP contribution in [0.25, 0.3) is 0 Å². The van der Waals surface area contributed by atoms with Crippen LogP contribution in [-0.4, -0.2) is 10.9 Å². The summed E-state index contributed by atoms with van der Waals surface area (Å²) < 4.78 is 0. The molecule has 92 valence electrons. The molecule has 0 unspecified atom stereocenters. The molecule has 0 saturated carbocycles. The molecule has 0 fully saturated rings. The van der Waals surface area contributed by atoms with Crippen molar-refractivity contribution in [2.75, 3.05) is 11.1 Å². The summed E-state index contributed by atoms with van der Waals surface area (Å²) in [6.07, 6.45) is 1.51. The van der Waals surface area contributed by atoms with Crippen molar-refractivity contribution in [3.05, 3.63) is 53.2 Å². The van der Waals surface area contributed by atoms with Gasteiger partial charge in [-0.2, -0.15) is 0 Å². The summed E-state index contributed by atoms with van der Waals surface area (Å²) in [5, 5.41) is 2.75. The van der Waals surface area contributed by atoms with Crippen molar-refractivity contribution in [2.45, 2.75) is 13.8 Å². The highest BCUT2D eigenvalue weighted by Gasteiger charge is 2.09. The molecule has 4 nitrogen and oxygen atoms in total. The number of carbonyl (C=O) groups excluding carboxylic acids is 1. The fourth-order valence-electron chi connectivity index (χ4n) is 1.64. The molecule has 0 bridgehead atoms. The molecule has 2 aromatic rings. The smallest absolute Gasteiger partial charge is 0.257 e. The number of hydrogen-bond acceptors (Lipinski definition) is 3. The fraction of sp³-hybridized carbons (Fsp3) is 0.143. The normalized spacial score (nSPS) is 10.1. The number of hydrogen-bond donors (Lipinski definition) is 2. The number of nitrogens with two attached hydrogens (primary N) is 1. The van der Waals surface area contributed by atoms with Crippen molar-refractivity contribution >= 4 is 17.4 Å². The molecular formula is C14H15N3O. The molecule has 4 heteroatoms. The van der Waals surface area contributed by atoms with Gasteiger partial charge in [0.1, 0.15) is 5.82 Å². The van der Waals surface area contributed by atoms with Crippen molar-refractivity contribution < 1.29 is 4.79 Å². The number of nitrogens with one attached hydrogen (secondary N) is 1. The monoisotopic (exact) mass is 241 g/mol. The minimum Gasteiger partial charge on any atom is -0.397 e. The van der Waals surface area contributed by atoms with Crippen LogP contribution in [0.4, 0.5) is 11.5 Å². The van der Waals surface area contributed by atoms with Crippen molar-refractivity contribution in [3.8, 4) is 0 Å². The molecule has 0 aliphatic rings. The number of nitrogen functional groups attached to an aromatic ring is 1. The maximum atomic E-state index is 12.1. The number of amides is 1. The SMILES string of the molecule is Cc1ccc(C)c(C(=O)Nc2ccc(N)cn2)c1. The van der Waals surface area contributed by atoms with Gasteiger partial charge in [-0.1, -0.05) is 17.7 Å². The average Bonchev–Trinajstić information content (AvgIpc) is 2.35. The lowest BCUT2D eigenvalue weighted by Gasteiger charge is -2.08. The molecule has 0 aliphatic carbocycles. The summed E-state index contributed by atoms with van der Waals surface area (Å²) in [6, 6.07) is 9.15. The predicted octanol–water partition coefficient (Wildman–Crippen LogP) is 2.53. The summed E-state index contributed by atoms with van der Waals surface area (Å²) in [7, 11) is 0. The third-order valence-corrected chi connectivity index (χ3v) is 2.67. The highest BCUT2D eigenvalue weighted by molar-refractivity contribution is 6.04. The van der Waals surface area contributed by atoms with Crippen LogP contribution in [0.3, 0.4) is 0 Å². The molecule has 1 heterocycles. The molecule has 0 radical (unpaired) electrons. The number of aryl methyl sites for hydroxylation is 2. The number of pyridine rings is 1. The van der Waals surface area contributed by atoms with Crippen LogP contribution in [0.15, 0.2) is 36.5 Å². The van der Waals surface area contributed by atoms with E-state index in [0.717, 1.165) is 11.1 Å². The van der Waals surface area contributed by atoms with E-state index in [1.54, 1.807) is 12.1 Å². The van der Waals surface area contributed by atoms with Gasteiger partial charge in [-0.3, -0.25) is 4.79 Å². The quantitative estimate of drug-likeness (QED) is 0.849. The Bertz CT molecular complexity index is 576. The number of nitrogens with zero attached hydrogens (tertiary/aromatic N) is 1. The second kappa shape index (κ2) is 4.87. The maximum absolute atomic E-state index is 12.1. The maximum Gasteiger partial charge on any atom is 0.257 e. The molecule has 1 amide bonds. The number of aromatic nitrogens is 1. The molecule has 1 aromatic heterocycles. The lowest BCUT2D eigenvalue weighted by Crippen LogP contribution is -2.14. The molecule has 1 aromatic carbocycles. The van der Waals surface area contributed by atoms with Crippen molar-refractivity contribution in [1.29, 1.82) is 0 Å². The largest absolute Gasteiger partial charge is 0.397 e. The Morgan fingerprint density at radius 3 is 2.67 bits per heavy atom. The molecule has 3 N–H and O–H groups in total. The second-order valence-corrected chi connectivity index (χ2v) is 4.25. The summed E-state index contributed by atoms with van der Waals surface area (Å²) >= 11 is 0. The molecule has 0 aliphatic heterocycles. The van der Waals surface area contributed by atoms with Gasteiger partial charge >= 0.3 is 0 Å². The molecule has 2 rings (SSSR count). The highest BCUT2D eigenvalue weighted by Crippen LogP contribution is 2.13. The van der Waals surface area contributed by atoms with Gasteiger partial charge in [0.05, 0.1) is 11.9 Å². The first-order valence-electron chi connectivity index (χ1n) is 5.66. The van der Waals surface area contributed by atoms with Crippen LogP contribution in [0, 0.1) is 13.8 Å². The van der Waals surface area contributed by atoms with Crippen LogP contribution in [0.5, 0.6) is 0 Å². The van der Waals surface area contributed by atoms with Crippen molar-refractivity contribution in [2.24, 2.45) is 0 Å². The molecular weight excluding hydrogens is 226 g/mol. The van der Waals surface area contributed by atoms with Gasteiger partial charge in [0, 0.05) is 5.56 Å². The van der Waals surface area contributed by atoms with Gasteiger partial charge in [-0.15, -0.1) is 0 Å². The first kappa shape index (κ1) is 12.1. The van der Waals surface area contributed by atoms with E-state index in [-0.39, 0.29) is 5.91 Å². The first-order valence-corrected chi connectivity index (χ1v) is 5.66. The van der Waals surface area contributed by atoms with Gasteiger partial charge in [0.15, 0.2) is 0 Å². The van der Waals surface area contributed by atoms with Gasteiger partial charge in [-0.25, -0.2) is 4.98 Å². The Morgan fingerprint density at radius 2 is 2.00 bits per heavy atom. The minimum atomic E-state index is -0.159. The number of benzene rings is 1. The van der Waals surface area contributed by atoms with E-state index in [1.165, 1.54) is 6.20 Å². The number of carbonyl (C=O) groups is 1. The predicted molar refractivity (Wildman–Crippen MR) is 72.5 cm³/mol. The minimum absolute atomic E-state index is 0.159. The second-order valence-electron chi connectivity index (χ2n) is 4.25. The molecule has 0 atom stereocenters. The van der Waals surface area contributed by atoms with E-state index in [0.29, 0.717) is 17.1 Å². The van der Waals surface area contributed by atoms with Crippen LogP contribution in [-0.2, 0) is 0 Å². The van der Waals surface area contributed by atoms with E-state index in [9.17, 15) is 4.79 Å². The van der Waals surface area contributed by atoms with Gasteiger partial charge in [-0.05, 0) is 37.6 Å². The summed E-state index contributed by atoms with van der Waals surface area (Å²) in [5.41, 5.74) is 8.76. The third-order valence-electron chi connectivity index (χ3n) is 2.67. The number of rotatable bonds is 2. The Balaban J connectivity index is 2.21. The van der Waals surface area contributed by atoms with Crippen LogP contribution in [0.1, 0.15) is 21.5 Å². The molecule has 0 spiro atoms. The Kier molecular flexibility index (Phi) is 3.28. The summed E-state index contributed by atoms with van der Waals surface area (Å²) in [5.74, 6) is 0.337. The van der Waals surface area contributed by atoms with E-state index in [1.807, 2.05) is 32.0 Å². The lowest BCUT2D eigenvalue weighted by molar-refractivity contribution is 0.102.